The molecule has 0 aromatic heterocycles. The predicted molar refractivity (Wildman–Crippen MR) is 116 cm³/mol. The number of amides is 1. The second kappa shape index (κ2) is 10.0. The monoisotopic (exact) mass is 422 g/mol. The lowest BCUT2D eigenvalue weighted by atomic mass is 10.2. The molecule has 3 nitrogen and oxygen atoms in total. The Morgan fingerprint density at radius 3 is 1.79 bits per heavy atom. The number of rotatable bonds is 6. The van der Waals surface area contributed by atoms with Crippen molar-refractivity contribution >= 4 is 41.0 Å². The van der Waals surface area contributed by atoms with Crippen LogP contribution in [0.4, 0.5) is 0 Å². The van der Waals surface area contributed by atoms with E-state index in [4.69, 9.17) is 11.6 Å². The fourth-order valence-electron chi connectivity index (χ4n) is 2.23. The molecular weight excluding hydrogens is 408 g/mol. The Kier molecular flexibility index (Phi) is 7.21. The maximum absolute atomic E-state index is 12.6. The van der Waals surface area contributed by atoms with Gasteiger partial charge in [0.1, 0.15) is 11.8 Å². The molecule has 1 N–H and O–H groups in total. The van der Waals surface area contributed by atoms with Gasteiger partial charge in [-0.25, -0.2) is 0 Å². The molecule has 0 heterocycles. The van der Waals surface area contributed by atoms with E-state index >= 15 is 0 Å². The minimum Gasteiger partial charge on any atom is -0.312 e. The first-order valence-corrected chi connectivity index (χ1v) is 10.3. The number of thioether (sulfide) groups is 2. The number of nitriles is 1. The smallest absolute Gasteiger partial charge is 0.256 e. The van der Waals surface area contributed by atoms with Gasteiger partial charge in [0.15, 0.2) is 0 Å². The standard InChI is InChI=1S/C22H15ClN2OS2/c23-17-13-11-16(12-14-17)21(26)25-20(15-24)22(27-18-7-3-1-4-8-18)28-19-9-5-2-6-10-19/h1-14H,(H,25,26). The summed E-state index contributed by atoms with van der Waals surface area (Å²) in [6.07, 6.45) is 0. The summed E-state index contributed by atoms with van der Waals surface area (Å²) in [5.74, 6) is -0.354. The number of nitrogens with one attached hydrogen (secondary N) is 1. The van der Waals surface area contributed by atoms with Crippen molar-refractivity contribution in [1.29, 1.82) is 5.26 Å². The lowest BCUT2D eigenvalue weighted by Crippen LogP contribution is -2.22. The van der Waals surface area contributed by atoms with Crippen molar-refractivity contribution in [2.75, 3.05) is 0 Å². The van der Waals surface area contributed by atoms with Gasteiger partial charge in [-0.1, -0.05) is 71.5 Å². The van der Waals surface area contributed by atoms with E-state index in [2.05, 4.69) is 11.4 Å². The molecule has 3 rings (SSSR count). The summed E-state index contributed by atoms with van der Waals surface area (Å²) >= 11 is 8.76. The molecule has 0 unspecified atom stereocenters. The van der Waals surface area contributed by atoms with Crippen molar-refractivity contribution in [2.45, 2.75) is 9.79 Å². The Balaban J connectivity index is 1.91. The van der Waals surface area contributed by atoms with Crippen molar-refractivity contribution in [1.82, 2.24) is 5.32 Å². The van der Waals surface area contributed by atoms with E-state index in [1.54, 1.807) is 24.3 Å². The highest BCUT2D eigenvalue weighted by Gasteiger charge is 2.15. The molecule has 0 atom stereocenters. The lowest BCUT2D eigenvalue weighted by Gasteiger charge is -2.11. The zero-order valence-corrected chi connectivity index (χ0v) is 17.0. The Bertz CT molecular complexity index is 970. The van der Waals surface area contributed by atoms with E-state index in [0.717, 1.165) is 9.79 Å². The lowest BCUT2D eigenvalue weighted by molar-refractivity contribution is 0.0967. The van der Waals surface area contributed by atoms with Crippen LogP contribution < -0.4 is 5.32 Å². The average molecular weight is 423 g/mol. The third kappa shape index (κ3) is 5.67. The van der Waals surface area contributed by atoms with Crippen LogP contribution in [0.3, 0.4) is 0 Å². The first-order chi connectivity index (χ1) is 13.7. The molecule has 1 amide bonds. The Morgan fingerprint density at radius 1 is 0.821 bits per heavy atom. The van der Waals surface area contributed by atoms with Gasteiger partial charge in [0, 0.05) is 20.4 Å². The van der Waals surface area contributed by atoms with Crippen LogP contribution in [-0.2, 0) is 0 Å². The molecule has 0 fully saturated rings. The summed E-state index contributed by atoms with van der Waals surface area (Å²) in [4.78, 5) is 14.5. The summed E-state index contributed by atoms with van der Waals surface area (Å²) < 4.78 is 0.696. The van der Waals surface area contributed by atoms with E-state index in [1.807, 2.05) is 60.7 Å². The fourth-order valence-corrected chi connectivity index (χ4v) is 4.51. The van der Waals surface area contributed by atoms with Gasteiger partial charge in [0.25, 0.3) is 5.91 Å². The first kappa shape index (κ1) is 20.1. The third-order valence-corrected chi connectivity index (χ3v) is 6.12. The quantitative estimate of drug-likeness (QED) is 0.371. The molecule has 28 heavy (non-hydrogen) atoms. The maximum Gasteiger partial charge on any atom is 0.256 e. The van der Waals surface area contributed by atoms with Crippen LogP contribution >= 0.6 is 35.1 Å². The summed E-state index contributed by atoms with van der Waals surface area (Å²) in [7, 11) is 0. The number of carbonyl (C=O) groups excluding carboxylic acids is 1. The molecule has 0 aliphatic heterocycles. The minimum atomic E-state index is -0.354. The van der Waals surface area contributed by atoms with E-state index in [0.29, 0.717) is 14.8 Å². The number of benzene rings is 3. The molecule has 6 heteroatoms. The molecule has 3 aromatic carbocycles. The highest BCUT2D eigenvalue weighted by atomic mass is 35.5. The minimum absolute atomic E-state index is 0.211. The third-order valence-electron chi connectivity index (χ3n) is 3.57. The van der Waals surface area contributed by atoms with Gasteiger partial charge in [-0.3, -0.25) is 4.79 Å². The van der Waals surface area contributed by atoms with E-state index in [9.17, 15) is 10.1 Å². The van der Waals surface area contributed by atoms with Crippen molar-refractivity contribution in [3.8, 4) is 6.07 Å². The Labute approximate surface area is 177 Å². The van der Waals surface area contributed by atoms with Gasteiger partial charge in [0.2, 0.25) is 0 Å². The second-order valence-corrected chi connectivity index (χ2v) is 8.43. The zero-order chi connectivity index (χ0) is 19.8. The summed E-state index contributed by atoms with van der Waals surface area (Å²) in [6, 6.07) is 28.1. The van der Waals surface area contributed by atoms with Crippen LogP contribution in [0, 0.1) is 11.3 Å². The number of hydrogen-bond donors (Lipinski definition) is 1. The van der Waals surface area contributed by atoms with Crippen LogP contribution in [0.5, 0.6) is 0 Å². The highest BCUT2D eigenvalue weighted by Crippen LogP contribution is 2.40. The molecule has 0 radical (unpaired) electrons. The predicted octanol–water partition coefficient (Wildman–Crippen LogP) is 6.35. The summed E-state index contributed by atoms with van der Waals surface area (Å²) in [5, 5.41) is 13.0. The highest BCUT2D eigenvalue weighted by molar-refractivity contribution is 8.22. The Hall–Kier alpha value is -2.65. The number of carbonyl (C=O) groups is 1. The summed E-state index contributed by atoms with van der Waals surface area (Å²) in [6.45, 7) is 0. The van der Waals surface area contributed by atoms with Crippen LogP contribution in [0.25, 0.3) is 0 Å². The van der Waals surface area contributed by atoms with Crippen molar-refractivity contribution < 1.29 is 4.79 Å². The van der Waals surface area contributed by atoms with Gasteiger partial charge < -0.3 is 5.32 Å². The molecular formula is C22H15ClN2OS2. The normalized spacial score (nSPS) is 10.0. The van der Waals surface area contributed by atoms with Crippen molar-refractivity contribution in [3.05, 3.63) is 105 Å². The van der Waals surface area contributed by atoms with Gasteiger partial charge >= 0.3 is 0 Å². The van der Waals surface area contributed by atoms with Crippen LogP contribution in [0.1, 0.15) is 10.4 Å². The van der Waals surface area contributed by atoms with Crippen molar-refractivity contribution in [3.63, 3.8) is 0 Å². The van der Waals surface area contributed by atoms with Gasteiger partial charge in [0.05, 0.1) is 4.24 Å². The number of halogens is 1. The van der Waals surface area contributed by atoms with Crippen LogP contribution in [0.15, 0.2) is 105 Å². The van der Waals surface area contributed by atoms with Crippen molar-refractivity contribution in [2.24, 2.45) is 0 Å². The van der Waals surface area contributed by atoms with Gasteiger partial charge in [-0.2, -0.15) is 5.26 Å². The second-order valence-electron chi connectivity index (χ2n) is 5.57. The largest absolute Gasteiger partial charge is 0.312 e. The number of allylic oxidation sites excluding steroid dienone is 1. The van der Waals surface area contributed by atoms with E-state index < -0.39 is 0 Å². The molecule has 0 aliphatic carbocycles. The molecule has 0 saturated carbocycles. The molecule has 0 aliphatic rings. The molecule has 0 saturated heterocycles. The van der Waals surface area contributed by atoms with Gasteiger partial charge in [-0.05, 0) is 48.5 Å². The van der Waals surface area contributed by atoms with Gasteiger partial charge in [-0.15, -0.1) is 0 Å². The van der Waals surface area contributed by atoms with Crippen LogP contribution in [-0.4, -0.2) is 5.91 Å². The molecule has 138 valence electrons. The molecule has 0 spiro atoms. The molecule has 0 bridgehead atoms. The van der Waals surface area contributed by atoms with E-state index in [1.165, 1.54) is 23.5 Å². The average Bonchev–Trinajstić information content (AvgIpc) is 2.73. The molecule has 3 aromatic rings. The topological polar surface area (TPSA) is 52.9 Å². The Morgan fingerprint density at radius 2 is 1.32 bits per heavy atom. The summed E-state index contributed by atoms with van der Waals surface area (Å²) in [5.41, 5.74) is 0.647. The fraction of sp³-hybridized carbons (Fsp3) is 0. The zero-order valence-electron chi connectivity index (χ0n) is 14.6. The number of hydrogen-bond acceptors (Lipinski definition) is 4. The first-order valence-electron chi connectivity index (χ1n) is 8.33. The van der Waals surface area contributed by atoms with Crippen LogP contribution in [0.2, 0.25) is 5.02 Å². The number of nitrogens with zero attached hydrogens (tertiary/aromatic N) is 1. The SMILES string of the molecule is N#CC(NC(=O)c1ccc(Cl)cc1)=C(Sc1ccccc1)Sc1ccccc1. The maximum atomic E-state index is 12.6. The van der Waals surface area contributed by atoms with E-state index in [-0.39, 0.29) is 11.6 Å².